The summed E-state index contributed by atoms with van der Waals surface area (Å²) in [4.78, 5) is 15.3. The van der Waals surface area contributed by atoms with Crippen LogP contribution >= 0.6 is 7.52 Å². The van der Waals surface area contributed by atoms with E-state index < -0.39 is 19.0 Å². The third-order valence-corrected chi connectivity index (χ3v) is 7.76. The van der Waals surface area contributed by atoms with E-state index in [1.807, 2.05) is 33.8 Å². The van der Waals surface area contributed by atoms with Crippen molar-refractivity contribution in [3.63, 3.8) is 0 Å². The highest BCUT2D eigenvalue weighted by atomic mass is 31.2. The average molecular weight is 462 g/mol. The van der Waals surface area contributed by atoms with Crippen molar-refractivity contribution in [1.82, 2.24) is 4.90 Å². The zero-order chi connectivity index (χ0) is 24.1. The molecule has 7 nitrogen and oxygen atoms in total. The van der Waals surface area contributed by atoms with Crippen molar-refractivity contribution < 1.29 is 19.0 Å². The van der Waals surface area contributed by atoms with Crippen LogP contribution in [0.15, 0.2) is 34.3 Å². The van der Waals surface area contributed by atoms with Crippen molar-refractivity contribution in [2.75, 3.05) is 18.5 Å². The summed E-state index contributed by atoms with van der Waals surface area (Å²) < 4.78 is 23.8. The largest absolute Gasteiger partial charge is 0.509 e. The Hall–Kier alpha value is -2.11. The maximum Gasteiger partial charge on any atom is 0.348 e. The third kappa shape index (κ3) is 4.65. The van der Waals surface area contributed by atoms with Crippen LogP contribution in [0, 0.1) is 17.8 Å². The molecule has 0 fully saturated rings. The molecule has 176 valence electrons. The first-order valence-corrected chi connectivity index (χ1v) is 12.7. The van der Waals surface area contributed by atoms with E-state index >= 15 is 0 Å². The maximum atomic E-state index is 13.7. The Morgan fingerprint density at radius 2 is 1.88 bits per heavy atom. The van der Waals surface area contributed by atoms with Gasteiger partial charge in [-0.3, -0.25) is 9.36 Å². The van der Waals surface area contributed by atoms with Crippen LogP contribution in [0.3, 0.4) is 0 Å². The number of aliphatic hydroxyl groups is 1. The Labute approximate surface area is 191 Å². The lowest BCUT2D eigenvalue weighted by molar-refractivity contribution is -0.128. The number of hydrogen-bond acceptors (Lipinski definition) is 5. The number of amides is 1. The number of nitrogens with one attached hydrogen (secondary N) is 1. The van der Waals surface area contributed by atoms with Gasteiger partial charge in [-0.25, -0.2) is 0 Å². The van der Waals surface area contributed by atoms with Crippen LogP contribution in [-0.2, 0) is 13.9 Å². The normalized spacial score (nSPS) is 23.9. The van der Waals surface area contributed by atoms with Crippen molar-refractivity contribution in [3.05, 3.63) is 35.1 Å². The summed E-state index contributed by atoms with van der Waals surface area (Å²) in [5, 5.41) is 14.9. The summed E-state index contributed by atoms with van der Waals surface area (Å²) in [6.07, 6.45) is 0.783. The van der Waals surface area contributed by atoms with E-state index in [1.54, 1.807) is 24.0 Å². The van der Waals surface area contributed by atoms with E-state index in [0.29, 0.717) is 17.5 Å². The average Bonchev–Trinajstić information content (AvgIpc) is 2.90. The summed E-state index contributed by atoms with van der Waals surface area (Å²) >= 11 is 0. The number of amidine groups is 1. The zero-order valence-corrected chi connectivity index (χ0v) is 21.3. The molecule has 1 aromatic carbocycles. The van der Waals surface area contributed by atoms with Gasteiger partial charge < -0.3 is 19.8 Å². The number of fused-ring (bicyclic) bond motifs is 1. The summed E-state index contributed by atoms with van der Waals surface area (Å²) in [5.74, 6) is -0.244. The summed E-state index contributed by atoms with van der Waals surface area (Å²) in [6, 6.07) is 4.99. The molecule has 1 aromatic rings. The van der Waals surface area contributed by atoms with E-state index in [-0.39, 0.29) is 35.1 Å². The molecule has 0 spiro atoms. The van der Waals surface area contributed by atoms with E-state index in [9.17, 15) is 14.5 Å². The second kappa shape index (κ2) is 8.35. The molecular weight excluding hydrogens is 425 g/mol. The van der Waals surface area contributed by atoms with Crippen molar-refractivity contribution >= 4 is 30.3 Å². The molecule has 8 heteroatoms. The lowest BCUT2D eigenvalue weighted by Crippen LogP contribution is -2.45. The fourth-order valence-electron chi connectivity index (χ4n) is 4.15. The Morgan fingerprint density at radius 3 is 2.44 bits per heavy atom. The zero-order valence-electron chi connectivity index (χ0n) is 20.4. The van der Waals surface area contributed by atoms with Gasteiger partial charge in [0.1, 0.15) is 11.3 Å². The molecule has 0 bridgehead atoms. The van der Waals surface area contributed by atoms with E-state index in [2.05, 4.69) is 30.9 Å². The Bertz CT molecular complexity index is 1030. The number of anilines is 1. The number of rotatable bonds is 5. The number of benzene rings is 1. The SMILES string of the molecule is CCOP1(=O)N=C(C2=C(O)[C@H](C(C)(C)C)N(CCC(C)(C)C)C2=O)Nc2ccc(C)cc21. The molecule has 3 rings (SSSR count). The highest BCUT2D eigenvalue weighted by molar-refractivity contribution is 7.66. The summed E-state index contributed by atoms with van der Waals surface area (Å²) in [5.41, 5.74) is 1.22. The molecule has 2 atom stereocenters. The molecule has 1 unspecified atom stereocenters. The molecule has 2 aliphatic heterocycles. The molecule has 2 N–H and O–H groups in total. The summed E-state index contributed by atoms with van der Waals surface area (Å²) in [6.45, 7) is 16.7. The predicted molar refractivity (Wildman–Crippen MR) is 130 cm³/mol. The van der Waals surface area contributed by atoms with Gasteiger partial charge in [0.2, 0.25) is 0 Å². The van der Waals surface area contributed by atoms with Crippen molar-refractivity contribution in [2.45, 2.75) is 67.9 Å². The van der Waals surface area contributed by atoms with Gasteiger partial charge in [0.25, 0.3) is 5.91 Å². The number of carbonyl (C=O) groups excluding carboxylic acids is 1. The van der Waals surface area contributed by atoms with Crippen LogP contribution in [0.4, 0.5) is 5.69 Å². The van der Waals surface area contributed by atoms with Crippen LogP contribution in [-0.4, -0.2) is 40.9 Å². The van der Waals surface area contributed by atoms with Crippen LogP contribution in [0.1, 0.15) is 60.5 Å². The van der Waals surface area contributed by atoms with E-state index in [4.69, 9.17) is 4.52 Å². The maximum absolute atomic E-state index is 13.7. The number of hydrogen-bond donors (Lipinski definition) is 2. The van der Waals surface area contributed by atoms with Gasteiger partial charge in [0, 0.05) is 6.54 Å². The first-order chi connectivity index (χ1) is 14.7. The predicted octanol–water partition coefficient (Wildman–Crippen LogP) is 5.18. The number of aryl methyl sites for hydroxylation is 1. The second-order valence-electron chi connectivity index (χ2n) is 10.9. The highest BCUT2D eigenvalue weighted by Gasteiger charge is 2.48. The first-order valence-electron chi connectivity index (χ1n) is 11.2. The number of aliphatic hydroxyl groups excluding tert-OH is 1. The third-order valence-electron chi connectivity index (χ3n) is 5.71. The lowest BCUT2D eigenvalue weighted by atomic mass is 9.84. The molecule has 32 heavy (non-hydrogen) atoms. The molecule has 0 aromatic heterocycles. The molecule has 2 aliphatic rings. The Balaban J connectivity index is 2.10. The van der Waals surface area contributed by atoms with E-state index in [0.717, 1.165) is 12.0 Å². The minimum atomic E-state index is -3.60. The Morgan fingerprint density at radius 1 is 1.22 bits per heavy atom. The molecule has 1 amide bonds. The number of nitrogens with zero attached hydrogens (tertiary/aromatic N) is 2. The molecule has 2 heterocycles. The molecule has 0 saturated carbocycles. The fraction of sp³-hybridized carbons (Fsp3) is 0.583. The second-order valence-corrected chi connectivity index (χ2v) is 12.9. The molecular formula is C24H36N3O4P. The molecule has 0 aliphatic carbocycles. The van der Waals surface area contributed by atoms with Crippen LogP contribution in [0.5, 0.6) is 0 Å². The Kier molecular flexibility index (Phi) is 6.40. The standard InChI is InChI=1S/C24H36N3O4P/c1-9-31-32(30)17-14-15(2)10-11-16(17)25-21(26-32)18-19(28)20(24(6,7)8)27(22(18)29)13-12-23(3,4)5/h10-11,14,20,28H,9,12-13H2,1-8H3,(H,25,26,30)/t20-,32?/m1/s1. The first kappa shape index (κ1) is 24.5. The topological polar surface area (TPSA) is 91.2 Å². The quantitative estimate of drug-likeness (QED) is 0.590. The summed E-state index contributed by atoms with van der Waals surface area (Å²) in [7, 11) is -3.60. The van der Waals surface area contributed by atoms with Gasteiger partial charge in [-0.15, -0.1) is 0 Å². The monoisotopic (exact) mass is 461 g/mol. The minimum absolute atomic E-state index is 0.0309. The van der Waals surface area contributed by atoms with Gasteiger partial charge in [0.05, 0.1) is 23.6 Å². The van der Waals surface area contributed by atoms with Crippen molar-refractivity contribution in [2.24, 2.45) is 15.6 Å². The molecule has 0 radical (unpaired) electrons. The number of carbonyl (C=O) groups is 1. The van der Waals surface area contributed by atoms with Crippen molar-refractivity contribution in [3.8, 4) is 0 Å². The fourth-order valence-corrected chi connectivity index (χ4v) is 6.02. The minimum Gasteiger partial charge on any atom is -0.509 e. The highest BCUT2D eigenvalue weighted by Crippen LogP contribution is 2.52. The van der Waals surface area contributed by atoms with Crippen molar-refractivity contribution in [1.29, 1.82) is 0 Å². The van der Waals surface area contributed by atoms with Gasteiger partial charge in [0.15, 0.2) is 5.84 Å². The van der Waals surface area contributed by atoms with E-state index in [1.165, 1.54) is 0 Å². The molecule has 0 saturated heterocycles. The van der Waals surface area contributed by atoms with Gasteiger partial charge >= 0.3 is 7.52 Å². The van der Waals surface area contributed by atoms with Crippen LogP contribution in [0.25, 0.3) is 0 Å². The van der Waals surface area contributed by atoms with Crippen LogP contribution < -0.4 is 10.6 Å². The smallest absolute Gasteiger partial charge is 0.348 e. The van der Waals surface area contributed by atoms with Gasteiger partial charge in [-0.2, -0.15) is 4.76 Å². The van der Waals surface area contributed by atoms with Crippen LogP contribution in [0.2, 0.25) is 0 Å². The van der Waals surface area contributed by atoms with Gasteiger partial charge in [-0.1, -0.05) is 53.2 Å². The lowest BCUT2D eigenvalue weighted by Gasteiger charge is -2.36. The van der Waals surface area contributed by atoms with Gasteiger partial charge in [-0.05, 0) is 43.2 Å².